The summed E-state index contributed by atoms with van der Waals surface area (Å²) in [5.41, 5.74) is 0.991. The van der Waals surface area contributed by atoms with E-state index in [0.717, 1.165) is 0 Å². The van der Waals surface area contributed by atoms with Gasteiger partial charge >= 0.3 is 0 Å². The third-order valence-electron chi connectivity index (χ3n) is 2.36. The first-order chi connectivity index (χ1) is 9.11. The number of carbonyl (C=O) groups excluding carboxylic acids is 1. The van der Waals surface area contributed by atoms with Crippen molar-refractivity contribution in [2.24, 2.45) is 0 Å². The average molecular weight is 292 g/mol. The molecule has 1 heterocycles. The van der Waals surface area contributed by atoms with Crippen LogP contribution in [0.4, 0.5) is 5.69 Å². The van der Waals surface area contributed by atoms with Crippen LogP contribution < -0.4 is 5.32 Å². The fraction of sp³-hybridized carbons (Fsp3) is 0. The molecule has 0 aliphatic rings. The predicted molar refractivity (Wildman–Crippen MR) is 73.4 cm³/mol. The van der Waals surface area contributed by atoms with E-state index in [9.17, 15) is 4.79 Å². The number of nitrogens with one attached hydrogen (secondary N) is 1. The van der Waals surface area contributed by atoms with E-state index in [2.05, 4.69) is 10.3 Å². The van der Waals surface area contributed by atoms with E-state index in [1.54, 1.807) is 12.1 Å². The molecule has 0 aliphatic heterocycles. The van der Waals surface area contributed by atoms with E-state index in [4.69, 9.17) is 28.5 Å². The Balaban J connectivity index is 2.30. The SMILES string of the molecule is N#Cc1ccc(Cl)c(NC(=O)c2cnccc2Cl)c1. The van der Waals surface area contributed by atoms with Gasteiger partial charge in [-0.15, -0.1) is 0 Å². The van der Waals surface area contributed by atoms with Crippen LogP contribution in [0.1, 0.15) is 15.9 Å². The summed E-state index contributed by atoms with van der Waals surface area (Å²) in [7, 11) is 0. The molecule has 0 saturated carbocycles. The summed E-state index contributed by atoms with van der Waals surface area (Å²) in [6.07, 6.45) is 2.85. The number of hydrogen-bond acceptors (Lipinski definition) is 3. The van der Waals surface area contributed by atoms with E-state index in [1.165, 1.54) is 24.5 Å². The van der Waals surface area contributed by atoms with Gasteiger partial charge in [-0.25, -0.2) is 0 Å². The maximum atomic E-state index is 12.0. The summed E-state index contributed by atoms with van der Waals surface area (Å²) in [5.74, 6) is -0.435. The van der Waals surface area contributed by atoms with Crippen molar-refractivity contribution >= 4 is 34.8 Å². The topological polar surface area (TPSA) is 65.8 Å². The fourth-order valence-electron chi connectivity index (χ4n) is 1.42. The zero-order valence-electron chi connectivity index (χ0n) is 9.52. The van der Waals surface area contributed by atoms with E-state index in [-0.39, 0.29) is 5.56 Å². The molecule has 0 radical (unpaired) electrons. The molecule has 94 valence electrons. The molecule has 1 N–H and O–H groups in total. The monoisotopic (exact) mass is 291 g/mol. The summed E-state index contributed by atoms with van der Waals surface area (Å²) in [6.45, 7) is 0. The highest BCUT2D eigenvalue weighted by Gasteiger charge is 2.12. The zero-order valence-corrected chi connectivity index (χ0v) is 11.0. The summed E-state index contributed by atoms with van der Waals surface area (Å²) < 4.78 is 0. The second-order valence-corrected chi connectivity index (χ2v) is 4.43. The van der Waals surface area contributed by atoms with Crippen LogP contribution in [-0.2, 0) is 0 Å². The molecule has 0 bridgehead atoms. The Hall–Kier alpha value is -2.09. The number of amides is 1. The number of hydrogen-bond donors (Lipinski definition) is 1. The van der Waals surface area contributed by atoms with Gasteiger partial charge in [0.05, 0.1) is 32.9 Å². The number of pyridine rings is 1. The highest BCUT2D eigenvalue weighted by Crippen LogP contribution is 2.24. The Bertz CT molecular complexity index is 680. The highest BCUT2D eigenvalue weighted by molar-refractivity contribution is 6.35. The second kappa shape index (κ2) is 5.70. The number of aromatic nitrogens is 1. The van der Waals surface area contributed by atoms with Gasteiger partial charge in [0.15, 0.2) is 0 Å². The van der Waals surface area contributed by atoms with E-state index in [0.29, 0.717) is 21.3 Å². The minimum atomic E-state index is -0.435. The number of rotatable bonds is 2. The zero-order chi connectivity index (χ0) is 13.8. The summed E-state index contributed by atoms with van der Waals surface area (Å²) in [5, 5.41) is 12.0. The van der Waals surface area contributed by atoms with Crippen molar-refractivity contribution in [2.75, 3.05) is 5.32 Å². The Morgan fingerprint density at radius 1 is 1.26 bits per heavy atom. The van der Waals surface area contributed by atoms with Crippen molar-refractivity contribution in [1.29, 1.82) is 5.26 Å². The van der Waals surface area contributed by atoms with E-state index in [1.807, 2.05) is 6.07 Å². The summed E-state index contributed by atoms with van der Waals surface area (Å²) in [4.78, 5) is 15.8. The largest absolute Gasteiger partial charge is 0.320 e. The molecule has 0 atom stereocenters. The number of nitrogens with zero attached hydrogens (tertiary/aromatic N) is 2. The molecule has 0 saturated heterocycles. The van der Waals surface area contributed by atoms with Crippen LogP contribution in [0.5, 0.6) is 0 Å². The Morgan fingerprint density at radius 2 is 2.05 bits per heavy atom. The molecule has 0 spiro atoms. The molecule has 19 heavy (non-hydrogen) atoms. The first-order valence-electron chi connectivity index (χ1n) is 5.22. The number of carbonyl (C=O) groups is 1. The number of halogens is 2. The molecule has 1 amide bonds. The smallest absolute Gasteiger partial charge is 0.258 e. The van der Waals surface area contributed by atoms with Gasteiger partial charge in [-0.2, -0.15) is 5.26 Å². The first kappa shape index (κ1) is 13.3. The number of anilines is 1. The molecule has 4 nitrogen and oxygen atoms in total. The minimum absolute atomic E-state index is 0.239. The van der Waals surface area contributed by atoms with Gasteiger partial charge in [-0.05, 0) is 24.3 Å². The van der Waals surface area contributed by atoms with Gasteiger partial charge in [0.1, 0.15) is 0 Å². The maximum absolute atomic E-state index is 12.0. The molecule has 0 fully saturated rings. The molecule has 1 aromatic carbocycles. The standard InChI is InChI=1S/C13H7Cl2N3O/c14-10-3-4-17-7-9(10)13(19)18-12-5-8(6-16)1-2-11(12)15/h1-5,7H,(H,18,19). The van der Waals surface area contributed by atoms with Crippen molar-refractivity contribution in [3.05, 3.63) is 57.8 Å². The van der Waals surface area contributed by atoms with Crippen LogP contribution in [0.3, 0.4) is 0 Å². The van der Waals surface area contributed by atoms with Gasteiger partial charge < -0.3 is 5.32 Å². The van der Waals surface area contributed by atoms with Crippen molar-refractivity contribution in [2.45, 2.75) is 0 Å². The van der Waals surface area contributed by atoms with Gasteiger partial charge in [0, 0.05) is 12.4 Å². The average Bonchev–Trinajstić information content (AvgIpc) is 2.41. The van der Waals surface area contributed by atoms with Crippen LogP contribution in [0.2, 0.25) is 10.0 Å². The van der Waals surface area contributed by atoms with E-state index >= 15 is 0 Å². The fourth-order valence-corrected chi connectivity index (χ4v) is 1.78. The van der Waals surface area contributed by atoms with Crippen LogP contribution >= 0.6 is 23.2 Å². The molecule has 0 aliphatic carbocycles. The van der Waals surface area contributed by atoms with Crippen LogP contribution in [0.25, 0.3) is 0 Å². The molecule has 2 aromatic rings. The lowest BCUT2D eigenvalue weighted by molar-refractivity contribution is 0.102. The summed E-state index contributed by atoms with van der Waals surface area (Å²) >= 11 is 11.8. The highest BCUT2D eigenvalue weighted by atomic mass is 35.5. The molecule has 6 heteroatoms. The molecule has 1 aromatic heterocycles. The quantitative estimate of drug-likeness (QED) is 0.921. The van der Waals surface area contributed by atoms with Gasteiger partial charge in [-0.1, -0.05) is 23.2 Å². The Labute approximate surface area is 119 Å². The molecular weight excluding hydrogens is 285 g/mol. The van der Waals surface area contributed by atoms with Gasteiger partial charge in [-0.3, -0.25) is 9.78 Å². The Morgan fingerprint density at radius 3 is 2.74 bits per heavy atom. The normalized spacial score (nSPS) is 9.74. The van der Waals surface area contributed by atoms with Crippen molar-refractivity contribution in [3.63, 3.8) is 0 Å². The third kappa shape index (κ3) is 3.02. The number of nitriles is 1. The predicted octanol–water partition coefficient (Wildman–Crippen LogP) is 3.51. The lowest BCUT2D eigenvalue weighted by Crippen LogP contribution is -2.13. The third-order valence-corrected chi connectivity index (χ3v) is 3.02. The maximum Gasteiger partial charge on any atom is 0.258 e. The van der Waals surface area contributed by atoms with Crippen molar-refractivity contribution in [1.82, 2.24) is 4.98 Å². The van der Waals surface area contributed by atoms with E-state index < -0.39 is 5.91 Å². The van der Waals surface area contributed by atoms with Crippen molar-refractivity contribution in [3.8, 4) is 6.07 Å². The lowest BCUT2D eigenvalue weighted by Gasteiger charge is -2.08. The van der Waals surface area contributed by atoms with Crippen LogP contribution in [-0.4, -0.2) is 10.9 Å². The van der Waals surface area contributed by atoms with Crippen LogP contribution in [0, 0.1) is 11.3 Å². The minimum Gasteiger partial charge on any atom is -0.320 e. The Kier molecular flexibility index (Phi) is 4.00. The lowest BCUT2D eigenvalue weighted by atomic mass is 10.2. The molecule has 0 unspecified atom stereocenters. The first-order valence-corrected chi connectivity index (χ1v) is 5.98. The van der Waals surface area contributed by atoms with Gasteiger partial charge in [0.25, 0.3) is 5.91 Å². The second-order valence-electron chi connectivity index (χ2n) is 3.62. The van der Waals surface area contributed by atoms with Crippen molar-refractivity contribution < 1.29 is 4.79 Å². The van der Waals surface area contributed by atoms with Gasteiger partial charge in [0.2, 0.25) is 0 Å². The molecular formula is C13H7Cl2N3O. The number of benzene rings is 1. The summed E-state index contributed by atoms with van der Waals surface area (Å²) in [6, 6.07) is 8.09. The molecule has 2 rings (SSSR count). The van der Waals surface area contributed by atoms with Crippen LogP contribution in [0.15, 0.2) is 36.7 Å².